The van der Waals surface area contributed by atoms with Crippen molar-refractivity contribution in [3.8, 4) is 0 Å². The number of hydrogen-bond donors (Lipinski definition) is 1. The maximum absolute atomic E-state index is 11.8. The summed E-state index contributed by atoms with van der Waals surface area (Å²) in [5, 5.41) is 0. The van der Waals surface area contributed by atoms with Gasteiger partial charge in [-0.15, -0.1) is 0 Å². The van der Waals surface area contributed by atoms with Crippen LogP contribution >= 0.6 is 8.60 Å². The van der Waals surface area contributed by atoms with Crippen LogP contribution in [0.2, 0.25) is 0 Å². The van der Waals surface area contributed by atoms with Gasteiger partial charge < -0.3 is 13.9 Å². The Morgan fingerprint density at radius 2 is 1.15 bits per heavy atom. The summed E-state index contributed by atoms with van der Waals surface area (Å²) in [7, 11) is -2.08. The van der Waals surface area contributed by atoms with Crippen molar-refractivity contribution >= 4 is 8.60 Å². The molecule has 53 heavy (non-hydrogen) atoms. The molecule has 1 N–H and O–H groups in total. The smallest absolute Gasteiger partial charge is 0.328 e. The molecule has 0 radical (unpaired) electrons. The minimum Gasteiger partial charge on any atom is -0.328 e. The second-order valence-electron chi connectivity index (χ2n) is 23.0. The van der Waals surface area contributed by atoms with Crippen LogP contribution in [-0.4, -0.2) is 17.6 Å². The zero-order chi connectivity index (χ0) is 40.7. The van der Waals surface area contributed by atoms with Crippen molar-refractivity contribution in [2.45, 2.75) is 220 Å². The van der Waals surface area contributed by atoms with Gasteiger partial charge in [0.2, 0.25) is 0 Å². The average Bonchev–Trinajstić information content (AvgIpc) is 2.96. The van der Waals surface area contributed by atoms with E-state index in [1.165, 1.54) is 68.1 Å². The normalized spacial score (nSPS) is 22.9. The van der Waals surface area contributed by atoms with Crippen molar-refractivity contribution in [1.29, 1.82) is 0 Å². The SMILES string of the molecule is CCCCCCCCCCCCOP(O)OC1C(C(C)(C)C)=CC(c2ccccc2C)(C(C)(C)CC(C)(C)C)CC1(C(C)(C)C)C(C)(C)CC(C)(C)C. The van der Waals surface area contributed by atoms with Gasteiger partial charge in [-0.2, -0.15) is 0 Å². The van der Waals surface area contributed by atoms with Gasteiger partial charge in [-0.3, -0.25) is 0 Å². The summed E-state index contributed by atoms with van der Waals surface area (Å²) in [4.78, 5) is 11.8. The van der Waals surface area contributed by atoms with Crippen molar-refractivity contribution in [3.63, 3.8) is 0 Å². The first-order chi connectivity index (χ1) is 24.1. The van der Waals surface area contributed by atoms with Crippen LogP contribution < -0.4 is 0 Å². The van der Waals surface area contributed by atoms with E-state index in [0.717, 1.165) is 32.1 Å². The summed E-state index contributed by atoms with van der Waals surface area (Å²) >= 11 is 0. The molecule has 0 aliphatic heterocycles. The minimum atomic E-state index is -2.08. The highest BCUT2D eigenvalue weighted by Gasteiger charge is 2.67. The lowest BCUT2D eigenvalue weighted by molar-refractivity contribution is -0.162. The fourth-order valence-corrected chi connectivity index (χ4v) is 11.9. The molecule has 2 rings (SSSR count). The van der Waals surface area contributed by atoms with Crippen LogP contribution in [0.5, 0.6) is 0 Å². The molecular weight excluding hydrogens is 668 g/mol. The maximum Gasteiger partial charge on any atom is 0.330 e. The van der Waals surface area contributed by atoms with Gasteiger partial charge >= 0.3 is 8.60 Å². The molecule has 1 aromatic rings. The predicted octanol–water partition coefficient (Wildman–Crippen LogP) is 16.1. The molecule has 0 amide bonds. The van der Waals surface area contributed by atoms with Crippen molar-refractivity contribution in [3.05, 3.63) is 47.0 Å². The zero-order valence-corrected chi connectivity index (χ0v) is 39.5. The highest BCUT2D eigenvalue weighted by Crippen LogP contribution is 2.72. The highest BCUT2D eigenvalue weighted by atomic mass is 31.2. The molecule has 4 heteroatoms. The first kappa shape index (κ1) is 48.4. The van der Waals surface area contributed by atoms with Gasteiger partial charge in [0.15, 0.2) is 0 Å². The first-order valence-corrected chi connectivity index (χ1v) is 22.8. The van der Waals surface area contributed by atoms with Crippen molar-refractivity contribution in [2.24, 2.45) is 37.9 Å². The van der Waals surface area contributed by atoms with Gasteiger partial charge in [0, 0.05) is 10.8 Å². The second kappa shape index (κ2) is 18.7. The third kappa shape index (κ3) is 12.6. The molecule has 0 heterocycles. The van der Waals surface area contributed by atoms with Gasteiger partial charge in [-0.1, -0.05) is 206 Å². The molecule has 0 spiro atoms. The Kier molecular flexibility index (Phi) is 17.1. The average molecular weight is 757 g/mol. The molecule has 1 aliphatic carbocycles. The van der Waals surface area contributed by atoms with Crippen LogP contribution in [0, 0.1) is 44.8 Å². The van der Waals surface area contributed by atoms with Crippen LogP contribution in [0.25, 0.3) is 0 Å². The van der Waals surface area contributed by atoms with E-state index in [-0.39, 0.29) is 49.4 Å². The lowest BCUT2D eigenvalue weighted by atomic mass is 9.37. The standard InChI is InChI=1S/C49H89O3P/c1-19-20-21-22-23-24-25-26-27-30-33-51-53(50)52-41-40(44(9,10)11)34-48(39-32-29-28-31-38(39)2,46(15,16)35-42(3,4)5)37-49(41,45(12,13)14)47(17,18)36-43(6,7)8/h28-29,31-32,34,41,50H,19-27,30,33,35-37H2,1-18H3. The maximum atomic E-state index is 11.8. The van der Waals surface area contributed by atoms with Crippen LogP contribution in [0.4, 0.5) is 0 Å². The fraction of sp³-hybridized carbons (Fsp3) is 0.837. The van der Waals surface area contributed by atoms with E-state index in [1.54, 1.807) is 0 Å². The summed E-state index contributed by atoms with van der Waals surface area (Å²) in [5.74, 6) is 0. The van der Waals surface area contributed by atoms with Gasteiger partial charge in [0.05, 0.1) is 12.7 Å². The largest absolute Gasteiger partial charge is 0.330 e. The topological polar surface area (TPSA) is 38.7 Å². The summed E-state index contributed by atoms with van der Waals surface area (Å²) in [6.07, 6.45) is 18.1. The summed E-state index contributed by atoms with van der Waals surface area (Å²) in [6.45, 7) is 44.0. The van der Waals surface area contributed by atoms with E-state index in [2.05, 4.69) is 155 Å². The number of unbranched alkanes of at least 4 members (excludes halogenated alkanes) is 9. The van der Waals surface area contributed by atoms with Gasteiger partial charge in [-0.05, 0) is 81.8 Å². The number of hydrogen-bond acceptors (Lipinski definition) is 3. The summed E-state index contributed by atoms with van der Waals surface area (Å²) in [5.41, 5.74) is 2.99. The van der Waals surface area contributed by atoms with Gasteiger partial charge in [-0.25, -0.2) is 0 Å². The first-order valence-electron chi connectivity index (χ1n) is 21.7. The zero-order valence-electron chi connectivity index (χ0n) is 38.6. The van der Waals surface area contributed by atoms with Crippen molar-refractivity contribution in [2.75, 3.05) is 6.61 Å². The van der Waals surface area contributed by atoms with E-state index in [9.17, 15) is 4.89 Å². The number of benzene rings is 1. The molecule has 0 aromatic heterocycles. The van der Waals surface area contributed by atoms with E-state index in [4.69, 9.17) is 9.05 Å². The lowest BCUT2D eigenvalue weighted by Crippen LogP contribution is -2.65. The Bertz CT molecular complexity index is 1280. The monoisotopic (exact) mass is 757 g/mol. The Labute approximate surface area is 332 Å². The van der Waals surface area contributed by atoms with Crippen LogP contribution in [0.3, 0.4) is 0 Å². The molecule has 0 fully saturated rings. The van der Waals surface area contributed by atoms with Crippen molar-refractivity contribution < 1.29 is 13.9 Å². The summed E-state index contributed by atoms with van der Waals surface area (Å²) < 4.78 is 13.4. The molecule has 0 bridgehead atoms. The predicted molar refractivity (Wildman–Crippen MR) is 234 cm³/mol. The second-order valence-corrected chi connectivity index (χ2v) is 24.0. The molecule has 308 valence electrons. The third-order valence-electron chi connectivity index (χ3n) is 12.8. The van der Waals surface area contributed by atoms with Crippen LogP contribution in [-0.2, 0) is 14.5 Å². The molecule has 4 atom stereocenters. The molecule has 4 unspecified atom stereocenters. The number of rotatable bonds is 19. The number of aryl methyl sites for hydroxylation is 1. The Morgan fingerprint density at radius 3 is 1.60 bits per heavy atom. The van der Waals surface area contributed by atoms with Crippen LogP contribution in [0.15, 0.2) is 35.9 Å². The summed E-state index contributed by atoms with van der Waals surface area (Å²) in [6, 6.07) is 9.16. The number of allylic oxidation sites excluding steroid dienone is 1. The molecule has 1 aliphatic rings. The highest BCUT2D eigenvalue weighted by molar-refractivity contribution is 7.40. The Balaban J connectivity index is 2.75. The van der Waals surface area contributed by atoms with E-state index in [1.807, 2.05) is 0 Å². The van der Waals surface area contributed by atoms with Crippen molar-refractivity contribution in [1.82, 2.24) is 0 Å². The molecule has 0 saturated carbocycles. The van der Waals surface area contributed by atoms with Gasteiger partial charge in [0.1, 0.15) is 0 Å². The fourth-order valence-electron chi connectivity index (χ4n) is 11.1. The molecule has 0 saturated heterocycles. The lowest BCUT2D eigenvalue weighted by Gasteiger charge is -2.68. The quantitative estimate of drug-likeness (QED) is 0.0868. The minimum absolute atomic E-state index is 0.0941. The Morgan fingerprint density at radius 1 is 0.679 bits per heavy atom. The van der Waals surface area contributed by atoms with Gasteiger partial charge in [0.25, 0.3) is 0 Å². The van der Waals surface area contributed by atoms with E-state index >= 15 is 0 Å². The van der Waals surface area contributed by atoms with Crippen LogP contribution in [0.1, 0.15) is 212 Å². The molecule has 1 aromatic carbocycles. The van der Waals surface area contributed by atoms with E-state index in [0.29, 0.717) is 6.61 Å². The molecule has 3 nitrogen and oxygen atoms in total. The van der Waals surface area contributed by atoms with E-state index < -0.39 is 8.60 Å². The molecular formula is C49H89O3P. The Hall–Kier alpha value is -0.730. The third-order valence-corrected chi connectivity index (χ3v) is 13.6.